The third kappa shape index (κ3) is 4.56. The van der Waals surface area contributed by atoms with E-state index < -0.39 is 0 Å². The Kier molecular flexibility index (Phi) is 5.33. The highest BCUT2D eigenvalue weighted by Crippen LogP contribution is 2.24. The predicted octanol–water partition coefficient (Wildman–Crippen LogP) is 3.48. The van der Waals surface area contributed by atoms with Crippen LogP contribution in [0.4, 0.5) is 0 Å². The summed E-state index contributed by atoms with van der Waals surface area (Å²) >= 11 is 0. The Bertz CT molecular complexity index is 579. The molecule has 2 aromatic heterocycles. The monoisotopic (exact) mass is 289 g/mol. The van der Waals surface area contributed by atoms with E-state index in [-0.39, 0.29) is 6.08 Å². The number of pyridine rings is 1. The Morgan fingerprint density at radius 3 is 2.81 bits per heavy atom. The number of ether oxygens (including phenoxy) is 1. The largest absolute Gasteiger partial charge is 0.417 e. The van der Waals surface area contributed by atoms with Crippen molar-refractivity contribution < 1.29 is 9.15 Å². The Labute approximate surface area is 125 Å². The van der Waals surface area contributed by atoms with E-state index in [1.165, 1.54) is 0 Å². The molecule has 0 unspecified atom stereocenters. The third-order valence-corrected chi connectivity index (χ3v) is 2.99. The Morgan fingerprint density at radius 2 is 2.10 bits per heavy atom. The molecule has 21 heavy (non-hydrogen) atoms. The first-order chi connectivity index (χ1) is 10.1. The molecule has 5 nitrogen and oxygen atoms in total. The van der Waals surface area contributed by atoms with Crippen molar-refractivity contribution in [1.82, 2.24) is 15.3 Å². The van der Waals surface area contributed by atoms with Crippen molar-refractivity contribution in [3.8, 4) is 11.8 Å². The van der Waals surface area contributed by atoms with E-state index >= 15 is 0 Å². The van der Waals surface area contributed by atoms with Crippen molar-refractivity contribution in [2.45, 2.75) is 40.7 Å². The number of hydrogen-bond donors (Lipinski definition) is 1. The predicted molar refractivity (Wildman–Crippen MR) is 81.5 cm³/mol. The lowest BCUT2D eigenvalue weighted by Crippen LogP contribution is -2.19. The molecule has 114 valence electrons. The summed E-state index contributed by atoms with van der Waals surface area (Å²) in [6.07, 6.45) is 2.69. The van der Waals surface area contributed by atoms with Crippen molar-refractivity contribution in [1.29, 1.82) is 0 Å². The van der Waals surface area contributed by atoms with E-state index in [2.05, 4.69) is 29.1 Å². The Balaban J connectivity index is 1.99. The molecule has 0 aliphatic heterocycles. The molecule has 0 aromatic carbocycles. The maximum atomic E-state index is 5.70. The first-order valence-corrected chi connectivity index (χ1v) is 7.38. The van der Waals surface area contributed by atoms with Gasteiger partial charge in [0.2, 0.25) is 0 Å². The summed E-state index contributed by atoms with van der Waals surface area (Å²) in [6.45, 7) is 9.97. The molecule has 2 rings (SSSR count). The fourth-order valence-electron chi connectivity index (χ4n) is 1.94. The van der Waals surface area contributed by atoms with Gasteiger partial charge < -0.3 is 14.5 Å². The Hall–Kier alpha value is -1.88. The van der Waals surface area contributed by atoms with E-state index in [0.29, 0.717) is 18.2 Å². The minimum absolute atomic E-state index is 0.261. The summed E-state index contributed by atoms with van der Waals surface area (Å²) < 4.78 is 11.1. The average molecular weight is 289 g/mol. The van der Waals surface area contributed by atoms with E-state index in [1.807, 2.05) is 26.0 Å². The van der Waals surface area contributed by atoms with E-state index in [9.17, 15) is 0 Å². The van der Waals surface area contributed by atoms with Crippen LogP contribution in [0.15, 0.2) is 22.8 Å². The van der Waals surface area contributed by atoms with Gasteiger partial charge in [-0.2, -0.15) is 4.98 Å². The van der Waals surface area contributed by atoms with Crippen molar-refractivity contribution in [3.63, 3.8) is 0 Å². The Morgan fingerprint density at radius 1 is 1.29 bits per heavy atom. The van der Waals surface area contributed by atoms with Gasteiger partial charge in [-0.05, 0) is 37.9 Å². The van der Waals surface area contributed by atoms with Crippen LogP contribution < -0.4 is 10.1 Å². The molecular weight excluding hydrogens is 266 g/mol. The first-order valence-electron chi connectivity index (χ1n) is 7.38. The molecule has 0 spiro atoms. The van der Waals surface area contributed by atoms with Crippen molar-refractivity contribution in [2.24, 2.45) is 5.92 Å². The molecule has 0 atom stereocenters. The van der Waals surface area contributed by atoms with Gasteiger partial charge in [-0.3, -0.25) is 4.98 Å². The summed E-state index contributed by atoms with van der Waals surface area (Å²) in [7, 11) is 0. The van der Waals surface area contributed by atoms with Gasteiger partial charge >= 0.3 is 6.08 Å². The van der Waals surface area contributed by atoms with E-state index in [0.717, 1.165) is 30.0 Å². The molecule has 2 heterocycles. The molecule has 0 aliphatic carbocycles. The number of nitrogens with zero attached hydrogens (tertiary/aromatic N) is 2. The van der Waals surface area contributed by atoms with E-state index in [1.54, 1.807) is 6.26 Å². The highest BCUT2D eigenvalue weighted by atomic mass is 16.6. The fourth-order valence-corrected chi connectivity index (χ4v) is 1.94. The third-order valence-electron chi connectivity index (χ3n) is 2.99. The smallest absolute Gasteiger partial charge is 0.399 e. The fraction of sp³-hybridized carbons (Fsp3) is 0.500. The van der Waals surface area contributed by atoms with Crippen LogP contribution in [0.5, 0.6) is 11.8 Å². The van der Waals surface area contributed by atoms with Crippen molar-refractivity contribution in [2.75, 3.05) is 6.54 Å². The normalized spacial score (nSPS) is 11.1. The molecule has 5 heteroatoms. The zero-order valence-electron chi connectivity index (χ0n) is 13.1. The molecule has 1 N–H and O–H groups in total. The summed E-state index contributed by atoms with van der Waals surface area (Å²) in [5.74, 6) is 1.31. The van der Waals surface area contributed by atoms with Crippen LogP contribution in [0.3, 0.4) is 0 Å². The topological polar surface area (TPSA) is 60.2 Å². The standard InChI is InChI=1S/C16H23N3O2/c1-5-14-15(7-6-12(4)18-14)21-16-19-13(10-20-16)9-17-8-11(2)3/h6-7,10-11,17H,5,8-9H2,1-4H3. The molecule has 0 aliphatic rings. The second kappa shape index (κ2) is 7.22. The maximum Gasteiger partial charge on any atom is 0.399 e. The minimum Gasteiger partial charge on any atom is -0.417 e. The number of oxazole rings is 1. The average Bonchev–Trinajstić information content (AvgIpc) is 2.88. The zero-order chi connectivity index (χ0) is 15.2. The van der Waals surface area contributed by atoms with Crippen LogP contribution in [0.25, 0.3) is 0 Å². The zero-order valence-corrected chi connectivity index (χ0v) is 13.1. The maximum absolute atomic E-state index is 5.70. The number of rotatable bonds is 7. The van der Waals surface area contributed by atoms with Gasteiger partial charge in [0.05, 0.1) is 11.4 Å². The lowest BCUT2D eigenvalue weighted by Gasteiger charge is -2.06. The molecule has 0 amide bonds. The van der Waals surface area contributed by atoms with Crippen LogP contribution >= 0.6 is 0 Å². The molecule has 0 bridgehead atoms. The molecule has 2 aromatic rings. The first kappa shape index (κ1) is 15.5. The second-order valence-electron chi connectivity index (χ2n) is 5.48. The minimum atomic E-state index is 0.261. The lowest BCUT2D eigenvalue weighted by atomic mass is 10.2. The van der Waals surface area contributed by atoms with Gasteiger partial charge in [-0.15, -0.1) is 0 Å². The van der Waals surface area contributed by atoms with Crippen LogP contribution in [-0.4, -0.2) is 16.5 Å². The van der Waals surface area contributed by atoms with Crippen molar-refractivity contribution in [3.05, 3.63) is 35.5 Å². The van der Waals surface area contributed by atoms with Crippen molar-refractivity contribution >= 4 is 0 Å². The summed E-state index contributed by atoms with van der Waals surface area (Å²) in [5.41, 5.74) is 2.72. The molecule has 0 fully saturated rings. The summed E-state index contributed by atoms with van der Waals surface area (Å²) in [4.78, 5) is 8.78. The van der Waals surface area contributed by atoms with Gasteiger partial charge in [0.25, 0.3) is 0 Å². The number of aryl methyl sites for hydroxylation is 2. The van der Waals surface area contributed by atoms with Gasteiger partial charge in [-0.1, -0.05) is 20.8 Å². The van der Waals surface area contributed by atoms with E-state index in [4.69, 9.17) is 9.15 Å². The lowest BCUT2D eigenvalue weighted by molar-refractivity contribution is 0.327. The van der Waals surface area contributed by atoms with Gasteiger partial charge in [0.15, 0.2) is 5.75 Å². The van der Waals surface area contributed by atoms with Crippen LogP contribution in [0.2, 0.25) is 0 Å². The molecule has 0 saturated heterocycles. The number of nitrogens with one attached hydrogen (secondary N) is 1. The van der Waals surface area contributed by atoms with Gasteiger partial charge in [0, 0.05) is 12.2 Å². The van der Waals surface area contributed by atoms with Crippen LogP contribution in [-0.2, 0) is 13.0 Å². The molecule has 0 radical (unpaired) electrons. The highest BCUT2D eigenvalue weighted by molar-refractivity contribution is 5.31. The summed E-state index contributed by atoms with van der Waals surface area (Å²) in [5, 5.41) is 3.32. The SMILES string of the molecule is CCc1nc(C)ccc1Oc1nc(CNCC(C)C)co1. The molecule has 0 saturated carbocycles. The highest BCUT2D eigenvalue weighted by Gasteiger charge is 2.10. The number of aromatic nitrogens is 2. The summed E-state index contributed by atoms with van der Waals surface area (Å²) in [6, 6.07) is 3.82. The quantitative estimate of drug-likeness (QED) is 0.845. The van der Waals surface area contributed by atoms with Crippen LogP contribution in [0, 0.1) is 12.8 Å². The number of hydrogen-bond acceptors (Lipinski definition) is 5. The second-order valence-corrected chi connectivity index (χ2v) is 5.48. The molecular formula is C16H23N3O2. The van der Waals surface area contributed by atoms with Gasteiger partial charge in [0.1, 0.15) is 6.26 Å². The van der Waals surface area contributed by atoms with Crippen LogP contribution in [0.1, 0.15) is 37.9 Å². The van der Waals surface area contributed by atoms with Gasteiger partial charge in [-0.25, -0.2) is 0 Å².